The van der Waals surface area contributed by atoms with Gasteiger partial charge in [-0.05, 0) is 51.3 Å². The van der Waals surface area contributed by atoms with Gasteiger partial charge in [-0.25, -0.2) is 4.98 Å². The van der Waals surface area contributed by atoms with Crippen LogP contribution in [0.5, 0.6) is 0 Å². The maximum Gasteiger partial charge on any atom is 0.191 e. The minimum Gasteiger partial charge on any atom is -0.356 e. The lowest BCUT2D eigenvalue weighted by Gasteiger charge is -2.38. The monoisotopic (exact) mass is 479 g/mol. The SMILES string of the molecule is CN=C(NCCc1ccc(Cl)nc1)NCC(C)N1CCCCC1C.I. The van der Waals surface area contributed by atoms with Gasteiger partial charge in [-0.2, -0.15) is 0 Å². The van der Waals surface area contributed by atoms with Crippen LogP contribution in [-0.2, 0) is 6.42 Å². The van der Waals surface area contributed by atoms with Crippen molar-refractivity contribution in [3.8, 4) is 0 Å². The van der Waals surface area contributed by atoms with Crippen molar-refractivity contribution >= 4 is 41.5 Å². The van der Waals surface area contributed by atoms with E-state index in [0.29, 0.717) is 17.2 Å². The molecule has 2 heterocycles. The van der Waals surface area contributed by atoms with Crippen LogP contribution in [0.1, 0.15) is 38.7 Å². The Morgan fingerprint density at radius 1 is 1.40 bits per heavy atom. The Morgan fingerprint density at radius 2 is 2.20 bits per heavy atom. The first-order chi connectivity index (χ1) is 11.6. The minimum atomic E-state index is 0. The van der Waals surface area contributed by atoms with Gasteiger partial charge >= 0.3 is 0 Å². The number of halogens is 2. The van der Waals surface area contributed by atoms with Crippen LogP contribution in [0.2, 0.25) is 5.15 Å². The van der Waals surface area contributed by atoms with Crippen molar-refractivity contribution in [2.45, 2.75) is 51.6 Å². The van der Waals surface area contributed by atoms with E-state index in [2.05, 4.69) is 39.4 Å². The summed E-state index contributed by atoms with van der Waals surface area (Å²) in [6.07, 6.45) is 6.70. The van der Waals surface area contributed by atoms with Gasteiger partial charge in [-0.3, -0.25) is 9.89 Å². The summed E-state index contributed by atoms with van der Waals surface area (Å²) in [5, 5.41) is 7.34. The smallest absolute Gasteiger partial charge is 0.191 e. The van der Waals surface area contributed by atoms with Gasteiger partial charge in [0.25, 0.3) is 0 Å². The van der Waals surface area contributed by atoms with Crippen molar-refractivity contribution in [2.24, 2.45) is 4.99 Å². The molecule has 1 aliphatic rings. The minimum absolute atomic E-state index is 0. The first-order valence-corrected chi connectivity index (χ1v) is 9.28. The lowest BCUT2D eigenvalue weighted by atomic mass is 10.0. The highest BCUT2D eigenvalue weighted by atomic mass is 127. The van der Waals surface area contributed by atoms with Crippen molar-refractivity contribution in [2.75, 3.05) is 26.7 Å². The second-order valence-electron chi connectivity index (χ2n) is 6.55. The molecule has 5 nitrogen and oxygen atoms in total. The number of pyridine rings is 1. The number of nitrogens with one attached hydrogen (secondary N) is 2. The van der Waals surface area contributed by atoms with E-state index in [1.807, 2.05) is 25.4 Å². The number of hydrogen-bond acceptors (Lipinski definition) is 3. The second kappa shape index (κ2) is 11.9. The van der Waals surface area contributed by atoms with Crippen molar-refractivity contribution in [1.29, 1.82) is 0 Å². The highest BCUT2D eigenvalue weighted by molar-refractivity contribution is 14.0. The number of aromatic nitrogens is 1. The van der Waals surface area contributed by atoms with Gasteiger partial charge in [-0.1, -0.05) is 24.1 Å². The van der Waals surface area contributed by atoms with Crippen LogP contribution >= 0.6 is 35.6 Å². The van der Waals surface area contributed by atoms with E-state index in [4.69, 9.17) is 11.6 Å². The molecule has 0 aliphatic carbocycles. The van der Waals surface area contributed by atoms with Gasteiger partial charge in [0.15, 0.2) is 5.96 Å². The maximum atomic E-state index is 5.80. The zero-order chi connectivity index (χ0) is 17.4. The van der Waals surface area contributed by atoms with Crippen molar-refractivity contribution in [3.63, 3.8) is 0 Å². The molecular formula is C18H31ClIN5. The third-order valence-corrected chi connectivity index (χ3v) is 4.93. The molecule has 1 aromatic heterocycles. The van der Waals surface area contributed by atoms with Gasteiger partial charge < -0.3 is 10.6 Å². The molecule has 0 amide bonds. The molecular weight excluding hydrogens is 449 g/mol. The normalized spacial score (nSPS) is 19.8. The maximum absolute atomic E-state index is 5.80. The second-order valence-corrected chi connectivity index (χ2v) is 6.94. The van der Waals surface area contributed by atoms with E-state index < -0.39 is 0 Å². The predicted molar refractivity (Wildman–Crippen MR) is 117 cm³/mol. The summed E-state index contributed by atoms with van der Waals surface area (Å²) in [6, 6.07) is 5.03. The first kappa shape index (κ1) is 22.4. The van der Waals surface area contributed by atoms with Crippen LogP contribution in [0.4, 0.5) is 0 Å². The lowest BCUT2D eigenvalue weighted by molar-refractivity contribution is 0.115. The molecule has 0 saturated carbocycles. The number of hydrogen-bond donors (Lipinski definition) is 2. The van der Waals surface area contributed by atoms with Gasteiger partial charge in [0, 0.05) is 38.4 Å². The van der Waals surface area contributed by atoms with Gasteiger partial charge in [0.1, 0.15) is 5.15 Å². The van der Waals surface area contributed by atoms with E-state index >= 15 is 0 Å². The summed E-state index contributed by atoms with van der Waals surface area (Å²) in [6.45, 7) is 7.56. The van der Waals surface area contributed by atoms with Crippen LogP contribution < -0.4 is 10.6 Å². The van der Waals surface area contributed by atoms with E-state index in [-0.39, 0.29) is 24.0 Å². The Morgan fingerprint density at radius 3 is 2.84 bits per heavy atom. The van der Waals surface area contributed by atoms with Gasteiger partial charge in [0.05, 0.1) is 0 Å². The van der Waals surface area contributed by atoms with Gasteiger partial charge in [-0.15, -0.1) is 24.0 Å². The topological polar surface area (TPSA) is 52.6 Å². The molecule has 0 bridgehead atoms. The molecule has 7 heteroatoms. The molecule has 2 rings (SSSR count). The molecule has 2 unspecified atom stereocenters. The molecule has 0 aromatic carbocycles. The Hall–Kier alpha value is -0.600. The van der Waals surface area contributed by atoms with Crippen LogP contribution in [-0.4, -0.2) is 54.6 Å². The largest absolute Gasteiger partial charge is 0.356 e. The highest BCUT2D eigenvalue weighted by Crippen LogP contribution is 2.18. The summed E-state index contributed by atoms with van der Waals surface area (Å²) in [5.41, 5.74) is 1.16. The molecule has 0 spiro atoms. The zero-order valence-electron chi connectivity index (χ0n) is 15.5. The van der Waals surface area contributed by atoms with E-state index in [0.717, 1.165) is 31.0 Å². The summed E-state index contributed by atoms with van der Waals surface area (Å²) in [4.78, 5) is 11.0. The third kappa shape index (κ3) is 7.66. The van der Waals surface area contributed by atoms with Crippen LogP contribution in [0.25, 0.3) is 0 Å². The predicted octanol–water partition coefficient (Wildman–Crippen LogP) is 3.32. The molecule has 1 aromatic rings. The Kier molecular flexibility index (Phi) is 10.7. The molecule has 2 N–H and O–H groups in total. The Bertz CT molecular complexity index is 523. The Balaban J connectivity index is 0.00000312. The number of piperidine rings is 1. The average Bonchev–Trinajstić information content (AvgIpc) is 2.59. The summed E-state index contributed by atoms with van der Waals surface area (Å²) < 4.78 is 0. The molecule has 0 radical (unpaired) electrons. The van der Waals surface area contributed by atoms with Crippen molar-refractivity contribution < 1.29 is 0 Å². The average molecular weight is 480 g/mol. The number of guanidine groups is 1. The molecule has 1 saturated heterocycles. The number of nitrogens with zero attached hydrogens (tertiary/aromatic N) is 3. The van der Waals surface area contributed by atoms with Crippen LogP contribution in [0.3, 0.4) is 0 Å². The fourth-order valence-electron chi connectivity index (χ4n) is 3.24. The molecule has 1 fully saturated rings. The summed E-state index contributed by atoms with van der Waals surface area (Å²) in [5.74, 6) is 0.855. The van der Waals surface area contributed by atoms with E-state index in [1.165, 1.54) is 25.8 Å². The molecule has 1 aliphatic heterocycles. The molecule has 2 atom stereocenters. The molecule has 142 valence electrons. The van der Waals surface area contributed by atoms with E-state index in [9.17, 15) is 0 Å². The summed E-state index contributed by atoms with van der Waals surface area (Å²) >= 11 is 5.80. The Labute approximate surface area is 174 Å². The van der Waals surface area contributed by atoms with E-state index in [1.54, 1.807) is 0 Å². The first-order valence-electron chi connectivity index (χ1n) is 8.91. The van der Waals surface area contributed by atoms with Crippen molar-refractivity contribution in [3.05, 3.63) is 29.0 Å². The number of rotatable bonds is 6. The fourth-order valence-corrected chi connectivity index (χ4v) is 3.35. The quantitative estimate of drug-likeness (QED) is 0.284. The van der Waals surface area contributed by atoms with Crippen LogP contribution in [0, 0.1) is 0 Å². The fraction of sp³-hybridized carbons (Fsp3) is 0.667. The number of likely N-dealkylation sites (tertiary alicyclic amines) is 1. The standard InChI is InChI=1S/C18H30ClN5.HI/c1-14-6-4-5-11-24(14)15(2)12-23-18(20-3)21-10-9-16-7-8-17(19)22-13-16;/h7-8,13-15H,4-6,9-12H2,1-3H3,(H2,20,21,23);1H. The highest BCUT2D eigenvalue weighted by Gasteiger charge is 2.22. The molecule has 25 heavy (non-hydrogen) atoms. The third-order valence-electron chi connectivity index (χ3n) is 4.70. The van der Waals surface area contributed by atoms with Crippen LogP contribution in [0.15, 0.2) is 23.3 Å². The zero-order valence-corrected chi connectivity index (χ0v) is 18.6. The summed E-state index contributed by atoms with van der Waals surface area (Å²) in [7, 11) is 1.81. The number of aliphatic imine (C=N–C) groups is 1. The lowest BCUT2D eigenvalue weighted by Crippen LogP contribution is -2.50. The van der Waals surface area contributed by atoms with Crippen molar-refractivity contribution in [1.82, 2.24) is 20.5 Å². The van der Waals surface area contributed by atoms with Gasteiger partial charge in [0.2, 0.25) is 0 Å².